The first-order valence-corrected chi connectivity index (χ1v) is 8.03. The van der Waals surface area contributed by atoms with Gasteiger partial charge in [0.05, 0.1) is 11.9 Å². The Balaban J connectivity index is 2.17. The van der Waals surface area contributed by atoms with Gasteiger partial charge in [-0.25, -0.2) is 4.68 Å². The van der Waals surface area contributed by atoms with Crippen LogP contribution >= 0.6 is 11.6 Å². The van der Waals surface area contributed by atoms with Crippen LogP contribution in [0, 0.1) is 11.8 Å². The molecule has 2 unspecified atom stereocenters. The number of rotatable bonds is 5. The van der Waals surface area contributed by atoms with E-state index in [0.717, 1.165) is 25.7 Å². The summed E-state index contributed by atoms with van der Waals surface area (Å²) in [5.41, 5.74) is 0.318. The second-order valence-electron chi connectivity index (χ2n) is 6.23. The summed E-state index contributed by atoms with van der Waals surface area (Å²) in [5.74, 6) is 0.551. The summed E-state index contributed by atoms with van der Waals surface area (Å²) >= 11 is 6.19. The minimum Gasteiger partial charge on any atom is -0.396 e. The number of aromatic nitrogens is 2. The van der Waals surface area contributed by atoms with Crippen LogP contribution in [-0.2, 0) is 6.54 Å². The molecule has 21 heavy (non-hydrogen) atoms. The number of hydrogen-bond donors (Lipinski definition) is 2. The zero-order valence-electron chi connectivity index (χ0n) is 12.7. The van der Waals surface area contributed by atoms with Crippen molar-refractivity contribution in [3.05, 3.63) is 21.6 Å². The Morgan fingerprint density at radius 3 is 2.86 bits per heavy atom. The largest absolute Gasteiger partial charge is 0.396 e. The van der Waals surface area contributed by atoms with Crippen LogP contribution in [0.2, 0.25) is 5.02 Å². The van der Waals surface area contributed by atoms with Gasteiger partial charge in [0.15, 0.2) is 0 Å². The molecule has 1 aliphatic rings. The van der Waals surface area contributed by atoms with Crippen LogP contribution in [0.5, 0.6) is 0 Å². The molecule has 6 heteroatoms. The molecule has 0 aromatic carbocycles. The number of anilines is 1. The summed E-state index contributed by atoms with van der Waals surface area (Å²) < 4.78 is 1.41. The fourth-order valence-corrected chi connectivity index (χ4v) is 3.06. The van der Waals surface area contributed by atoms with Crippen LogP contribution in [-0.4, -0.2) is 27.5 Å². The summed E-state index contributed by atoms with van der Waals surface area (Å²) in [6.45, 7) is 4.78. The zero-order valence-corrected chi connectivity index (χ0v) is 13.4. The number of aliphatic hydroxyl groups is 1. The van der Waals surface area contributed by atoms with Gasteiger partial charge in [-0.3, -0.25) is 4.79 Å². The van der Waals surface area contributed by atoms with Crippen LogP contribution in [0.4, 0.5) is 5.69 Å². The average Bonchev–Trinajstić information content (AvgIpc) is 2.47. The maximum Gasteiger partial charge on any atom is 0.287 e. The minimum atomic E-state index is -0.258. The van der Waals surface area contributed by atoms with E-state index in [0.29, 0.717) is 18.2 Å². The Kier molecular flexibility index (Phi) is 5.65. The maximum atomic E-state index is 12.2. The molecule has 0 radical (unpaired) electrons. The first-order chi connectivity index (χ1) is 10.0. The standard InChI is InChI=1S/C15H24ClN3O2/c1-10(2)8-19-15(21)14(16)13(7-17-19)18-12-6-4-3-5-11(12)9-20/h7,10-12,18,20H,3-6,8-9H2,1-2H3. The van der Waals surface area contributed by atoms with Gasteiger partial charge >= 0.3 is 0 Å². The highest BCUT2D eigenvalue weighted by Crippen LogP contribution is 2.28. The van der Waals surface area contributed by atoms with Gasteiger partial charge in [0, 0.05) is 25.1 Å². The molecule has 1 fully saturated rings. The lowest BCUT2D eigenvalue weighted by atomic mass is 9.85. The van der Waals surface area contributed by atoms with Crippen molar-refractivity contribution in [2.45, 2.75) is 52.1 Å². The summed E-state index contributed by atoms with van der Waals surface area (Å²) in [4.78, 5) is 12.2. The van der Waals surface area contributed by atoms with E-state index in [1.807, 2.05) is 13.8 Å². The molecule has 0 aliphatic heterocycles. The molecule has 0 bridgehead atoms. The second-order valence-corrected chi connectivity index (χ2v) is 6.61. The molecule has 2 atom stereocenters. The molecule has 1 aromatic rings. The maximum absolute atomic E-state index is 12.2. The molecular weight excluding hydrogens is 290 g/mol. The lowest BCUT2D eigenvalue weighted by Crippen LogP contribution is -2.35. The third-order valence-corrected chi connectivity index (χ3v) is 4.37. The lowest BCUT2D eigenvalue weighted by molar-refractivity contribution is 0.178. The Labute approximate surface area is 130 Å². The van der Waals surface area contributed by atoms with Crippen molar-refractivity contribution in [2.24, 2.45) is 11.8 Å². The van der Waals surface area contributed by atoms with Crippen LogP contribution < -0.4 is 10.9 Å². The first-order valence-electron chi connectivity index (χ1n) is 7.66. The molecule has 0 saturated heterocycles. The van der Waals surface area contributed by atoms with Crippen molar-refractivity contribution in [1.29, 1.82) is 0 Å². The SMILES string of the molecule is CC(C)Cn1ncc(NC2CCCCC2CO)c(Cl)c1=O. The van der Waals surface area contributed by atoms with Crippen molar-refractivity contribution in [3.63, 3.8) is 0 Å². The molecule has 2 rings (SSSR count). The van der Waals surface area contributed by atoms with Gasteiger partial charge in [-0.05, 0) is 18.8 Å². The van der Waals surface area contributed by atoms with Gasteiger partial charge in [-0.1, -0.05) is 38.3 Å². The zero-order chi connectivity index (χ0) is 15.4. The lowest BCUT2D eigenvalue weighted by Gasteiger charge is -2.31. The topological polar surface area (TPSA) is 67.2 Å². The van der Waals surface area contributed by atoms with E-state index < -0.39 is 0 Å². The minimum absolute atomic E-state index is 0.156. The summed E-state index contributed by atoms with van der Waals surface area (Å²) in [5, 5.41) is 17.1. The summed E-state index contributed by atoms with van der Waals surface area (Å²) in [6, 6.07) is 0.156. The Morgan fingerprint density at radius 2 is 2.19 bits per heavy atom. The molecule has 2 N–H and O–H groups in total. The van der Waals surface area contributed by atoms with E-state index in [2.05, 4.69) is 10.4 Å². The number of halogens is 1. The van der Waals surface area contributed by atoms with Gasteiger partial charge in [0.1, 0.15) is 5.02 Å². The van der Waals surface area contributed by atoms with E-state index >= 15 is 0 Å². The fourth-order valence-electron chi connectivity index (χ4n) is 2.86. The van der Waals surface area contributed by atoms with E-state index in [4.69, 9.17) is 11.6 Å². The fraction of sp³-hybridized carbons (Fsp3) is 0.733. The number of aliphatic hydroxyl groups excluding tert-OH is 1. The van der Waals surface area contributed by atoms with Crippen molar-refractivity contribution < 1.29 is 5.11 Å². The van der Waals surface area contributed by atoms with Gasteiger partial charge in [-0.15, -0.1) is 0 Å². The van der Waals surface area contributed by atoms with Crippen LogP contribution in [0.1, 0.15) is 39.5 Å². The third-order valence-electron chi connectivity index (χ3n) is 4.01. The molecular formula is C15H24ClN3O2. The Morgan fingerprint density at radius 1 is 1.48 bits per heavy atom. The van der Waals surface area contributed by atoms with Crippen molar-refractivity contribution in [2.75, 3.05) is 11.9 Å². The molecule has 5 nitrogen and oxygen atoms in total. The Bertz CT molecular complexity index is 530. The number of nitrogens with zero attached hydrogens (tertiary/aromatic N) is 2. The molecule has 1 saturated carbocycles. The predicted molar refractivity (Wildman–Crippen MR) is 84.8 cm³/mol. The van der Waals surface area contributed by atoms with E-state index in [1.165, 1.54) is 4.68 Å². The van der Waals surface area contributed by atoms with Gasteiger partial charge < -0.3 is 10.4 Å². The molecule has 1 heterocycles. The smallest absolute Gasteiger partial charge is 0.287 e. The summed E-state index contributed by atoms with van der Waals surface area (Å²) in [7, 11) is 0. The number of nitrogens with one attached hydrogen (secondary N) is 1. The van der Waals surface area contributed by atoms with Gasteiger partial charge in [-0.2, -0.15) is 5.10 Å². The van der Waals surface area contributed by atoms with Gasteiger partial charge in [0.25, 0.3) is 5.56 Å². The second kappa shape index (κ2) is 7.27. The van der Waals surface area contributed by atoms with Gasteiger partial charge in [0.2, 0.25) is 0 Å². The van der Waals surface area contributed by atoms with E-state index in [-0.39, 0.29) is 29.1 Å². The molecule has 0 spiro atoms. The molecule has 1 aromatic heterocycles. The Hall–Kier alpha value is -1.07. The quantitative estimate of drug-likeness (QED) is 0.876. The van der Waals surface area contributed by atoms with E-state index in [1.54, 1.807) is 6.20 Å². The monoisotopic (exact) mass is 313 g/mol. The number of hydrogen-bond acceptors (Lipinski definition) is 4. The van der Waals surface area contributed by atoms with Crippen molar-refractivity contribution >= 4 is 17.3 Å². The predicted octanol–water partition coefficient (Wildman–Crippen LogP) is 2.52. The van der Waals surface area contributed by atoms with Crippen LogP contribution in [0.25, 0.3) is 0 Å². The highest BCUT2D eigenvalue weighted by molar-refractivity contribution is 6.32. The van der Waals surface area contributed by atoms with Crippen LogP contribution in [0.3, 0.4) is 0 Å². The molecule has 0 amide bonds. The van der Waals surface area contributed by atoms with Crippen molar-refractivity contribution in [3.8, 4) is 0 Å². The van der Waals surface area contributed by atoms with Crippen molar-refractivity contribution in [1.82, 2.24) is 9.78 Å². The van der Waals surface area contributed by atoms with Crippen LogP contribution in [0.15, 0.2) is 11.0 Å². The highest BCUT2D eigenvalue weighted by Gasteiger charge is 2.25. The normalized spacial score (nSPS) is 22.5. The molecule has 1 aliphatic carbocycles. The van der Waals surface area contributed by atoms with E-state index in [9.17, 15) is 9.90 Å². The first kappa shape index (κ1) is 16.3. The summed E-state index contributed by atoms with van der Waals surface area (Å²) in [6.07, 6.45) is 5.88. The third kappa shape index (κ3) is 3.98. The average molecular weight is 314 g/mol. The highest BCUT2D eigenvalue weighted by atomic mass is 35.5. The molecule has 118 valence electrons.